The number of nitrogens with one attached hydrogen (secondary N) is 1. The number of Topliss-reactive ketones (excluding diaryl/α,β-unsaturated/α-hetero) is 1. The number of ether oxygens (including phenoxy) is 1. The van der Waals surface area contributed by atoms with Crippen LogP contribution in [0.25, 0.3) is 0 Å². The maximum absolute atomic E-state index is 10.7. The molecule has 0 aromatic carbocycles. The summed E-state index contributed by atoms with van der Waals surface area (Å²) in [5.74, 6) is -0.310. The number of hydrogen-bond donors (Lipinski definition) is 1. The molecule has 0 amide bonds. The Bertz CT molecular complexity index is 276. The summed E-state index contributed by atoms with van der Waals surface area (Å²) in [5.41, 5.74) is -0.318. The second-order valence-electron chi connectivity index (χ2n) is 4.44. The van der Waals surface area contributed by atoms with Crippen LogP contribution in [0.2, 0.25) is 0 Å². The fourth-order valence-electron chi connectivity index (χ4n) is 1.02. The third kappa shape index (κ3) is 6.96. The Morgan fingerprint density at radius 3 is 2.44 bits per heavy atom. The van der Waals surface area contributed by atoms with Crippen LogP contribution in [0, 0.1) is 17.2 Å². The lowest BCUT2D eigenvalue weighted by Crippen LogP contribution is -2.36. The van der Waals surface area contributed by atoms with Crippen molar-refractivity contribution in [1.29, 1.82) is 5.26 Å². The van der Waals surface area contributed by atoms with E-state index in [0.29, 0.717) is 19.4 Å². The molecule has 1 fully saturated rings. The average molecular weight is 226 g/mol. The van der Waals surface area contributed by atoms with Crippen molar-refractivity contribution in [2.75, 3.05) is 13.1 Å². The highest BCUT2D eigenvalue weighted by molar-refractivity contribution is 5.85. The van der Waals surface area contributed by atoms with Gasteiger partial charge in [0.15, 0.2) is 5.78 Å². The summed E-state index contributed by atoms with van der Waals surface area (Å²) >= 11 is 0. The highest BCUT2D eigenvalue weighted by Gasteiger charge is 2.20. The molecule has 1 N–H and O–H groups in total. The second kappa shape index (κ2) is 6.96. The average Bonchev–Trinajstić information content (AvgIpc) is 2.17. The first-order valence-electron chi connectivity index (χ1n) is 5.15. The van der Waals surface area contributed by atoms with Crippen LogP contribution in [-0.4, -0.2) is 30.9 Å². The minimum atomic E-state index is -0.341. The van der Waals surface area contributed by atoms with Crippen LogP contribution in [0.5, 0.6) is 0 Å². The van der Waals surface area contributed by atoms with Crippen molar-refractivity contribution in [2.24, 2.45) is 5.92 Å². The Kier molecular flexibility index (Phi) is 6.35. The van der Waals surface area contributed by atoms with Crippen LogP contribution < -0.4 is 5.32 Å². The van der Waals surface area contributed by atoms with Gasteiger partial charge in [0, 0.05) is 0 Å². The van der Waals surface area contributed by atoms with E-state index in [1.807, 2.05) is 26.8 Å². The quantitative estimate of drug-likeness (QED) is 0.664. The molecular formula is C11H18N2O3. The number of carbonyl (C=O) groups excluding carboxylic acids is 2. The van der Waals surface area contributed by atoms with Gasteiger partial charge < -0.3 is 10.1 Å². The van der Waals surface area contributed by atoms with Crippen molar-refractivity contribution in [3.8, 4) is 6.07 Å². The molecule has 1 aliphatic rings. The van der Waals surface area contributed by atoms with Gasteiger partial charge in [0.25, 0.3) is 6.47 Å². The minimum Gasteiger partial charge on any atom is -0.462 e. The van der Waals surface area contributed by atoms with E-state index < -0.39 is 0 Å². The molecule has 1 rings (SSSR count). The van der Waals surface area contributed by atoms with Crippen molar-refractivity contribution in [3.05, 3.63) is 0 Å². The van der Waals surface area contributed by atoms with Crippen molar-refractivity contribution in [3.63, 3.8) is 0 Å². The van der Waals surface area contributed by atoms with E-state index in [9.17, 15) is 9.59 Å². The Hall–Kier alpha value is -1.41. The predicted octanol–water partition coefficient (Wildman–Crippen LogP) is 0.646. The monoisotopic (exact) mass is 226 g/mol. The van der Waals surface area contributed by atoms with Gasteiger partial charge in [-0.3, -0.25) is 9.59 Å². The molecule has 1 saturated heterocycles. The summed E-state index contributed by atoms with van der Waals surface area (Å²) < 4.78 is 4.55. The molecule has 90 valence electrons. The molecule has 5 nitrogen and oxygen atoms in total. The molecule has 1 unspecified atom stereocenters. The number of ketones is 1. The Morgan fingerprint density at radius 1 is 1.56 bits per heavy atom. The van der Waals surface area contributed by atoms with Gasteiger partial charge in [-0.15, -0.1) is 0 Å². The zero-order valence-electron chi connectivity index (χ0n) is 9.95. The largest absolute Gasteiger partial charge is 0.462 e. The van der Waals surface area contributed by atoms with E-state index in [4.69, 9.17) is 5.26 Å². The molecular weight excluding hydrogens is 208 g/mol. The first-order chi connectivity index (χ1) is 7.40. The van der Waals surface area contributed by atoms with E-state index in [0.717, 1.165) is 6.54 Å². The number of carbonyl (C=O) groups is 2. The molecule has 0 spiro atoms. The Morgan fingerprint density at radius 2 is 2.19 bits per heavy atom. The van der Waals surface area contributed by atoms with Gasteiger partial charge in [-0.2, -0.15) is 5.26 Å². The van der Waals surface area contributed by atoms with Crippen molar-refractivity contribution in [1.82, 2.24) is 5.32 Å². The van der Waals surface area contributed by atoms with Crippen LogP contribution >= 0.6 is 0 Å². The smallest absolute Gasteiger partial charge is 0.293 e. The number of nitriles is 1. The Labute approximate surface area is 95.8 Å². The minimum absolute atomic E-state index is 0.0313. The summed E-state index contributed by atoms with van der Waals surface area (Å²) in [4.78, 5) is 20.3. The van der Waals surface area contributed by atoms with Crippen LogP contribution in [0.4, 0.5) is 0 Å². The first kappa shape index (κ1) is 14.6. The van der Waals surface area contributed by atoms with Gasteiger partial charge >= 0.3 is 0 Å². The number of piperidine rings is 1. The normalized spacial score (nSPS) is 20.1. The van der Waals surface area contributed by atoms with Gasteiger partial charge in [-0.25, -0.2) is 0 Å². The van der Waals surface area contributed by atoms with Gasteiger partial charge in [-0.1, -0.05) is 0 Å². The lowest BCUT2D eigenvalue weighted by atomic mass is 9.99. The molecule has 5 heteroatoms. The maximum Gasteiger partial charge on any atom is 0.293 e. The third-order valence-electron chi connectivity index (χ3n) is 1.86. The van der Waals surface area contributed by atoms with Crippen LogP contribution in [0.3, 0.4) is 0 Å². The standard InChI is InChI=1S/C6H8N2O.C5H10O2/c7-3-5-1-2-8-4-6(5)9;1-5(2,3)7-4-6/h5,8H,1-2,4H2;4H,1-3H3. The SMILES string of the molecule is CC(C)(C)OC=O.N#CC1CCNCC1=O. The van der Waals surface area contributed by atoms with Crippen LogP contribution in [0.15, 0.2) is 0 Å². The lowest BCUT2D eigenvalue weighted by Gasteiger charge is -2.14. The molecule has 16 heavy (non-hydrogen) atoms. The van der Waals surface area contributed by atoms with Gasteiger partial charge in [0.05, 0.1) is 12.6 Å². The molecule has 1 heterocycles. The fourth-order valence-corrected chi connectivity index (χ4v) is 1.02. The molecule has 0 aromatic rings. The summed E-state index contributed by atoms with van der Waals surface area (Å²) in [6.45, 7) is 7.09. The molecule has 0 saturated carbocycles. The second-order valence-corrected chi connectivity index (χ2v) is 4.44. The lowest BCUT2D eigenvalue weighted by molar-refractivity contribution is -0.138. The van der Waals surface area contributed by atoms with E-state index in [1.54, 1.807) is 0 Å². The summed E-state index contributed by atoms with van der Waals surface area (Å²) in [5, 5.41) is 11.3. The van der Waals surface area contributed by atoms with E-state index in [-0.39, 0.29) is 17.3 Å². The maximum atomic E-state index is 10.7. The number of hydrogen-bond acceptors (Lipinski definition) is 5. The van der Waals surface area contributed by atoms with Crippen LogP contribution in [0.1, 0.15) is 27.2 Å². The van der Waals surface area contributed by atoms with Gasteiger partial charge in [0.2, 0.25) is 0 Å². The van der Waals surface area contributed by atoms with Crippen molar-refractivity contribution < 1.29 is 14.3 Å². The molecule has 0 aliphatic carbocycles. The third-order valence-corrected chi connectivity index (χ3v) is 1.86. The number of rotatable bonds is 1. The zero-order chi connectivity index (χ0) is 12.6. The molecule has 0 bridgehead atoms. The van der Waals surface area contributed by atoms with E-state index in [2.05, 4.69) is 10.1 Å². The Balaban J connectivity index is 0.000000293. The zero-order valence-corrected chi connectivity index (χ0v) is 9.95. The van der Waals surface area contributed by atoms with Crippen LogP contribution in [-0.2, 0) is 14.3 Å². The van der Waals surface area contributed by atoms with Gasteiger partial charge in [-0.05, 0) is 33.7 Å². The first-order valence-corrected chi connectivity index (χ1v) is 5.15. The summed E-state index contributed by atoms with van der Waals surface area (Å²) in [6.07, 6.45) is 0.676. The van der Waals surface area contributed by atoms with Gasteiger partial charge in [0.1, 0.15) is 11.5 Å². The summed E-state index contributed by atoms with van der Waals surface area (Å²) in [6, 6.07) is 1.96. The van der Waals surface area contributed by atoms with E-state index >= 15 is 0 Å². The highest BCUT2D eigenvalue weighted by atomic mass is 16.5. The number of nitrogens with zero attached hydrogens (tertiary/aromatic N) is 1. The summed E-state index contributed by atoms with van der Waals surface area (Å²) in [7, 11) is 0. The molecule has 0 aromatic heterocycles. The van der Waals surface area contributed by atoms with Crippen molar-refractivity contribution >= 4 is 12.3 Å². The fraction of sp³-hybridized carbons (Fsp3) is 0.727. The molecule has 0 radical (unpaired) electrons. The van der Waals surface area contributed by atoms with Crippen molar-refractivity contribution in [2.45, 2.75) is 32.8 Å². The molecule has 1 aliphatic heterocycles. The van der Waals surface area contributed by atoms with E-state index in [1.165, 1.54) is 0 Å². The topological polar surface area (TPSA) is 79.2 Å². The highest BCUT2D eigenvalue weighted by Crippen LogP contribution is 2.05. The predicted molar refractivity (Wildman–Crippen MR) is 58.5 cm³/mol. The molecule has 1 atom stereocenters.